The molecule has 0 N–H and O–H groups in total. The summed E-state index contributed by atoms with van der Waals surface area (Å²) in [4.78, 5) is 21.6. The van der Waals surface area contributed by atoms with Gasteiger partial charge in [0.05, 0.1) is 27.7 Å². The van der Waals surface area contributed by atoms with Gasteiger partial charge in [0.15, 0.2) is 5.65 Å². The van der Waals surface area contributed by atoms with Gasteiger partial charge in [-0.3, -0.25) is 4.79 Å². The quantitative estimate of drug-likeness (QED) is 0.414. The van der Waals surface area contributed by atoms with Crippen LogP contribution >= 0.6 is 11.3 Å². The van der Waals surface area contributed by atoms with Crippen LogP contribution in [0.5, 0.6) is 0 Å². The SMILES string of the molecule is CC(C)n1ncc2c(C(=O)N3CCC(c4ccccc4)CC3)cc(-c3cccs3)nc21. The maximum absolute atomic E-state index is 13.6. The molecule has 1 amide bonds. The fourth-order valence-electron chi connectivity index (χ4n) is 4.43. The first kappa shape index (κ1) is 19.9. The first-order valence-corrected chi connectivity index (χ1v) is 11.8. The molecule has 0 spiro atoms. The molecule has 1 aromatic carbocycles. The van der Waals surface area contributed by atoms with Crippen molar-refractivity contribution in [1.29, 1.82) is 0 Å². The smallest absolute Gasteiger partial charge is 0.254 e. The molecule has 1 aliphatic rings. The Morgan fingerprint density at radius 1 is 1.10 bits per heavy atom. The summed E-state index contributed by atoms with van der Waals surface area (Å²) in [7, 11) is 0. The van der Waals surface area contributed by atoms with Crippen LogP contribution in [-0.2, 0) is 0 Å². The minimum atomic E-state index is 0.0834. The molecule has 0 unspecified atom stereocenters. The van der Waals surface area contributed by atoms with Gasteiger partial charge in [-0.05, 0) is 55.7 Å². The molecule has 5 rings (SSSR count). The van der Waals surface area contributed by atoms with Gasteiger partial charge in [-0.2, -0.15) is 5.10 Å². The van der Waals surface area contributed by atoms with E-state index < -0.39 is 0 Å². The van der Waals surface area contributed by atoms with E-state index in [1.807, 2.05) is 27.1 Å². The molecule has 0 radical (unpaired) electrons. The lowest BCUT2D eigenvalue weighted by Crippen LogP contribution is -2.38. The van der Waals surface area contributed by atoms with Gasteiger partial charge in [0.1, 0.15) is 0 Å². The van der Waals surface area contributed by atoms with E-state index >= 15 is 0 Å². The maximum Gasteiger partial charge on any atom is 0.254 e. The summed E-state index contributed by atoms with van der Waals surface area (Å²) < 4.78 is 1.91. The molecule has 0 atom stereocenters. The van der Waals surface area contributed by atoms with Gasteiger partial charge in [0, 0.05) is 19.1 Å². The van der Waals surface area contributed by atoms with E-state index in [-0.39, 0.29) is 11.9 Å². The molecular formula is C25H26N4OS. The first-order chi connectivity index (χ1) is 15.1. The van der Waals surface area contributed by atoms with Crippen molar-refractivity contribution in [2.75, 3.05) is 13.1 Å². The normalized spacial score (nSPS) is 15.1. The van der Waals surface area contributed by atoms with E-state index in [4.69, 9.17) is 4.98 Å². The molecule has 0 aliphatic carbocycles. The van der Waals surface area contributed by atoms with Crippen LogP contribution < -0.4 is 0 Å². The number of hydrogen-bond acceptors (Lipinski definition) is 4. The van der Waals surface area contributed by atoms with E-state index in [1.54, 1.807) is 17.5 Å². The third-order valence-electron chi connectivity index (χ3n) is 6.11. The predicted octanol–water partition coefficient (Wildman–Crippen LogP) is 5.76. The van der Waals surface area contributed by atoms with Gasteiger partial charge in [-0.25, -0.2) is 9.67 Å². The number of fused-ring (bicyclic) bond motifs is 1. The highest BCUT2D eigenvalue weighted by atomic mass is 32.1. The zero-order valence-electron chi connectivity index (χ0n) is 17.9. The molecule has 31 heavy (non-hydrogen) atoms. The molecule has 3 aromatic heterocycles. The van der Waals surface area contributed by atoms with Crippen molar-refractivity contribution in [2.24, 2.45) is 0 Å². The summed E-state index contributed by atoms with van der Waals surface area (Å²) in [5.74, 6) is 0.605. The van der Waals surface area contributed by atoms with Gasteiger partial charge >= 0.3 is 0 Å². The number of aromatic nitrogens is 3. The molecule has 0 saturated carbocycles. The van der Waals surface area contributed by atoms with Crippen molar-refractivity contribution in [3.05, 3.63) is 71.2 Å². The standard InChI is InChI=1S/C25H26N4OS/c1-17(2)29-24-21(16-26-29)20(15-22(27-24)23-9-6-14-31-23)25(30)28-12-10-19(11-13-28)18-7-4-3-5-8-18/h3-9,14-17,19H,10-13H2,1-2H3. The largest absolute Gasteiger partial charge is 0.339 e. The zero-order chi connectivity index (χ0) is 21.4. The third kappa shape index (κ3) is 3.76. The van der Waals surface area contributed by atoms with Crippen LogP contribution in [0, 0.1) is 0 Å². The second-order valence-electron chi connectivity index (χ2n) is 8.43. The Morgan fingerprint density at radius 2 is 1.87 bits per heavy atom. The summed E-state index contributed by atoms with van der Waals surface area (Å²) >= 11 is 1.64. The number of piperidine rings is 1. The van der Waals surface area contributed by atoms with Crippen LogP contribution in [0.15, 0.2) is 60.1 Å². The van der Waals surface area contributed by atoms with Crippen molar-refractivity contribution in [1.82, 2.24) is 19.7 Å². The van der Waals surface area contributed by atoms with Crippen molar-refractivity contribution in [2.45, 2.75) is 38.6 Å². The molecule has 0 bridgehead atoms. The minimum absolute atomic E-state index is 0.0834. The second-order valence-corrected chi connectivity index (χ2v) is 9.38. The Labute approximate surface area is 186 Å². The van der Waals surface area contributed by atoms with Gasteiger partial charge in [0.25, 0.3) is 5.91 Å². The van der Waals surface area contributed by atoms with Gasteiger partial charge in [-0.15, -0.1) is 11.3 Å². The number of pyridine rings is 1. The highest BCUT2D eigenvalue weighted by molar-refractivity contribution is 7.13. The number of amides is 1. The average molecular weight is 431 g/mol. The van der Waals surface area contributed by atoms with E-state index in [0.717, 1.165) is 47.5 Å². The molecule has 1 fully saturated rings. The van der Waals surface area contributed by atoms with Gasteiger partial charge in [0.2, 0.25) is 0 Å². The molecular weight excluding hydrogens is 404 g/mol. The summed E-state index contributed by atoms with van der Waals surface area (Å²) in [6.07, 6.45) is 3.78. The Morgan fingerprint density at radius 3 is 2.55 bits per heavy atom. The predicted molar refractivity (Wildman–Crippen MR) is 126 cm³/mol. The molecule has 1 aliphatic heterocycles. The van der Waals surface area contributed by atoms with Crippen LogP contribution in [0.1, 0.15) is 54.6 Å². The first-order valence-electron chi connectivity index (χ1n) is 10.9. The molecule has 4 heterocycles. The monoisotopic (exact) mass is 430 g/mol. The maximum atomic E-state index is 13.6. The van der Waals surface area contributed by atoms with Crippen LogP contribution in [0.25, 0.3) is 21.6 Å². The minimum Gasteiger partial charge on any atom is -0.339 e. The van der Waals surface area contributed by atoms with Crippen LogP contribution in [-0.4, -0.2) is 38.7 Å². The second kappa shape index (κ2) is 8.27. The molecule has 5 nitrogen and oxygen atoms in total. The number of likely N-dealkylation sites (tertiary alicyclic amines) is 1. The Hall–Kier alpha value is -2.99. The highest BCUT2D eigenvalue weighted by Gasteiger charge is 2.27. The summed E-state index contributed by atoms with van der Waals surface area (Å²) in [5.41, 5.74) is 3.70. The lowest BCUT2D eigenvalue weighted by atomic mass is 9.89. The Bertz CT molecular complexity index is 1190. The van der Waals surface area contributed by atoms with E-state index in [0.29, 0.717) is 11.5 Å². The number of thiophene rings is 1. The van der Waals surface area contributed by atoms with Crippen molar-refractivity contribution in [3.8, 4) is 10.6 Å². The van der Waals surface area contributed by atoms with E-state index in [9.17, 15) is 4.79 Å². The van der Waals surface area contributed by atoms with Crippen molar-refractivity contribution in [3.63, 3.8) is 0 Å². The Balaban J connectivity index is 1.47. The number of hydrogen-bond donors (Lipinski definition) is 0. The highest BCUT2D eigenvalue weighted by Crippen LogP contribution is 2.32. The van der Waals surface area contributed by atoms with Crippen molar-refractivity contribution < 1.29 is 4.79 Å². The van der Waals surface area contributed by atoms with Crippen LogP contribution in [0.3, 0.4) is 0 Å². The summed E-state index contributed by atoms with van der Waals surface area (Å²) in [6.45, 7) is 5.72. The summed E-state index contributed by atoms with van der Waals surface area (Å²) in [5, 5.41) is 7.42. The number of benzene rings is 1. The number of carbonyl (C=O) groups excluding carboxylic acids is 1. The third-order valence-corrected chi connectivity index (χ3v) is 7.01. The molecule has 158 valence electrons. The molecule has 1 saturated heterocycles. The molecule has 6 heteroatoms. The summed E-state index contributed by atoms with van der Waals surface area (Å²) in [6, 6.07) is 16.8. The number of carbonyl (C=O) groups is 1. The van der Waals surface area contributed by atoms with E-state index in [1.165, 1.54) is 5.56 Å². The fraction of sp³-hybridized carbons (Fsp3) is 0.320. The van der Waals surface area contributed by atoms with Crippen LogP contribution in [0.4, 0.5) is 0 Å². The number of nitrogens with zero attached hydrogens (tertiary/aromatic N) is 4. The average Bonchev–Trinajstić information content (AvgIpc) is 3.49. The lowest BCUT2D eigenvalue weighted by Gasteiger charge is -2.32. The van der Waals surface area contributed by atoms with Gasteiger partial charge < -0.3 is 4.90 Å². The van der Waals surface area contributed by atoms with Crippen molar-refractivity contribution >= 4 is 28.3 Å². The number of rotatable bonds is 4. The van der Waals surface area contributed by atoms with Gasteiger partial charge in [-0.1, -0.05) is 36.4 Å². The fourth-order valence-corrected chi connectivity index (χ4v) is 5.12. The Kier molecular flexibility index (Phi) is 5.32. The lowest BCUT2D eigenvalue weighted by molar-refractivity contribution is 0.0715. The molecule has 4 aromatic rings. The van der Waals surface area contributed by atoms with E-state index in [2.05, 4.69) is 55.3 Å². The topological polar surface area (TPSA) is 51.0 Å². The van der Waals surface area contributed by atoms with Crippen LogP contribution in [0.2, 0.25) is 0 Å². The zero-order valence-corrected chi connectivity index (χ0v) is 18.7.